The third-order valence-electron chi connectivity index (χ3n) is 4.96. The Hall–Kier alpha value is -2.76. The van der Waals surface area contributed by atoms with Crippen LogP contribution in [0.4, 0.5) is 5.13 Å². The fourth-order valence-corrected chi connectivity index (χ4v) is 5.19. The van der Waals surface area contributed by atoms with Crippen molar-refractivity contribution < 1.29 is 17.9 Å². The van der Waals surface area contributed by atoms with Gasteiger partial charge < -0.3 is 14.5 Å². The van der Waals surface area contributed by atoms with E-state index in [2.05, 4.69) is 19.6 Å². The highest BCUT2D eigenvalue weighted by Gasteiger charge is 2.26. The Bertz CT molecular complexity index is 1150. The molecule has 1 N–H and O–H groups in total. The lowest BCUT2D eigenvalue weighted by Crippen LogP contribution is -2.48. The summed E-state index contributed by atoms with van der Waals surface area (Å²) in [7, 11) is -1.04. The van der Waals surface area contributed by atoms with Crippen LogP contribution in [0.1, 0.15) is 10.4 Å². The van der Waals surface area contributed by atoms with Crippen molar-refractivity contribution >= 4 is 42.7 Å². The van der Waals surface area contributed by atoms with E-state index in [9.17, 15) is 13.2 Å². The predicted octanol–water partition coefficient (Wildman–Crippen LogP) is 1.57. The molecule has 0 radical (unpaired) electrons. The number of carbonyl (C=O) groups excluding carboxylic acids is 1. The average Bonchev–Trinajstić information content (AvgIpc) is 3.22. The summed E-state index contributed by atoms with van der Waals surface area (Å²) in [6, 6.07) is 8.24. The van der Waals surface area contributed by atoms with Crippen molar-refractivity contribution in [3.05, 3.63) is 42.1 Å². The summed E-state index contributed by atoms with van der Waals surface area (Å²) in [6.45, 7) is 2.32. The summed E-state index contributed by atoms with van der Waals surface area (Å²) < 4.78 is 31.9. The van der Waals surface area contributed by atoms with Crippen LogP contribution in [-0.4, -0.2) is 69.5 Å². The van der Waals surface area contributed by atoms with E-state index in [4.69, 9.17) is 4.74 Å². The Labute approximate surface area is 178 Å². The Morgan fingerprint density at radius 1 is 1.20 bits per heavy atom. The highest BCUT2D eigenvalue weighted by molar-refractivity contribution is 7.89. The Morgan fingerprint density at radius 2 is 1.97 bits per heavy atom. The summed E-state index contributed by atoms with van der Waals surface area (Å²) >= 11 is 1.53. The molecular weight excluding hydrogens is 426 g/mol. The van der Waals surface area contributed by atoms with Gasteiger partial charge in [-0.25, -0.2) is 23.1 Å². The van der Waals surface area contributed by atoms with Crippen molar-refractivity contribution in [1.29, 1.82) is 0 Å². The number of piperazine rings is 1. The van der Waals surface area contributed by atoms with Crippen LogP contribution >= 0.6 is 11.3 Å². The highest BCUT2D eigenvalue weighted by Crippen LogP contribution is 2.28. The van der Waals surface area contributed by atoms with Gasteiger partial charge in [0.25, 0.3) is 5.91 Å². The Morgan fingerprint density at radius 3 is 2.63 bits per heavy atom. The number of methoxy groups -OCH3 is 1. The van der Waals surface area contributed by atoms with E-state index in [1.165, 1.54) is 37.6 Å². The van der Waals surface area contributed by atoms with E-state index in [-0.39, 0.29) is 16.6 Å². The summed E-state index contributed by atoms with van der Waals surface area (Å²) in [5.74, 6) is -0.0222. The van der Waals surface area contributed by atoms with Crippen LogP contribution in [-0.2, 0) is 10.0 Å². The minimum atomic E-state index is -3.75. The molecular formula is C19H21N5O4S2. The van der Waals surface area contributed by atoms with Crippen LogP contribution in [0.15, 0.2) is 41.4 Å². The van der Waals surface area contributed by atoms with Gasteiger partial charge in [0.2, 0.25) is 10.0 Å². The van der Waals surface area contributed by atoms with Crippen LogP contribution in [0.5, 0.6) is 5.75 Å². The number of anilines is 1. The molecule has 1 saturated heterocycles. The van der Waals surface area contributed by atoms with E-state index in [1.807, 2.05) is 12.1 Å². The number of nitrogens with one attached hydrogen (secondary N) is 1. The van der Waals surface area contributed by atoms with Crippen molar-refractivity contribution in [2.24, 2.45) is 0 Å². The number of hydrogen-bond acceptors (Lipinski definition) is 8. The average molecular weight is 448 g/mol. The van der Waals surface area contributed by atoms with Gasteiger partial charge in [0, 0.05) is 37.9 Å². The standard InChI is InChI=1S/C19H21N5O4S2/c1-20-30(26,27)16-12-13(5-6-15(16)28-2)18(25)23-8-10-24(11-9-23)19-22-14-4-3-7-21-17(14)29-19/h3-7,12,20H,8-11H2,1-2H3. The number of aromatic nitrogens is 2. The van der Waals surface area contributed by atoms with Gasteiger partial charge in [-0.1, -0.05) is 11.3 Å². The number of nitrogens with zero attached hydrogens (tertiary/aromatic N) is 4. The molecule has 3 aromatic rings. The van der Waals surface area contributed by atoms with Crippen molar-refractivity contribution in [3.8, 4) is 5.75 Å². The molecule has 11 heteroatoms. The van der Waals surface area contributed by atoms with Gasteiger partial charge in [-0.15, -0.1) is 0 Å². The molecule has 9 nitrogen and oxygen atoms in total. The maximum absolute atomic E-state index is 13.0. The monoisotopic (exact) mass is 447 g/mol. The predicted molar refractivity (Wildman–Crippen MR) is 115 cm³/mol. The molecule has 3 heterocycles. The maximum atomic E-state index is 13.0. The molecule has 1 aliphatic heterocycles. The number of sulfonamides is 1. The molecule has 0 aliphatic carbocycles. The van der Waals surface area contributed by atoms with Crippen LogP contribution in [0.3, 0.4) is 0 Å². The number of benzene rings is 1. The van der Waals surface area contributed by atoms with Crippen molar-refractivity contribution in [2.75, 3.05) is 45.2 Å². The third kappa shape index (κ3) is 3.83. The number of pyridine rings is 1. The molecule has 0 unspecified atom stereocenters. The Balaban J connectivity index is 1.49. The van der Waals surface area contributed by atoms with Crippen molar-refractivity contribution in [1.82, 2.24) is 19.6 Å². The third-order valence-corrected chi connectivity index (χ3v) is 7.44. The molecule has 1 fully saturated rings. The zero-order valence-corrected chi connectivity index (χ0v) is 18.2. The number of fused-ring (bicyclic) bond motifs is 1. The topological polar surface area (TPSA) is 105 Å². The highest BCUT2D eigenvalue weighted by atomic mass is 32.2. The van der Waals surface area contributed by atoms with Gasteiger partial charge in [-0.2, -0.15) is 0 Å². The molecule has 0 spiro atoms. The molecule has 0 saturated carbocycles. The lowest BCUT2D eigenvalue weighted by atomic mass is 10.1. The fourth-order valence-electron chi connectivity index (χ4n) is 3.31. The van der Waals surface area contributed by atoms with Crippen molar-refractivity contribution in [3.63, 3.8) is 0 Å². The van der Waals surface area contributed by atoms with Gasteiger partial charge in [-0.3, -0.25) is 4.79 Å². The normalized spacial score (nSPS) is 14.9. The van der Waals surface area contributed by atoms with Crippen LogP contribution in [0, 0.1) is 0 Å². The molecule has 158 valence electrons. The number of thiazole rings is 1. The lowest BCUT2D eigenvalue weighted by molar-refractivity contribution is 0.0746. The first kappa shape index (κ1) is 20.5. The molecule has 0 atom stereocenters. The van der Waals surface area contributed by atoms with Crippen LogP contribution in [0.25, 0.3) is 10.3 Å². The molecule has 1 aliphatic rings. The van der Waals surface area contributed by atoms with E-state index in [0.29, 0.717) is 31.7 Å². The van der Waals surface area contributed by atoms with E-state index < -0.39 is 10.0 Å². The quantitative estimate of drug-likeness (QED) is 0.633. The zero-order valence-electron chi connectivity index (χ0n) is 16.5. The molecule has 1 amide bonds. The summed E-state index contributed by atoms with van der Waals surface area (Å²) in [5.41, 5.74) is 1.18. The van der Waals surface area contributed by atoms with E-state index in [0.717, 1.165) is 15.5 Å². The van der Waals surface area contributed by atoms with Crippen LogP contribution < -0.4 is 14.4 Å². The number of rotatable bonds is 5. The first-order valence-electron chi connectivity index (χ1n) is 9.30. The maximum Gasteiger partial charge on any atom is 0.254 e. The number of carbonyl (C=O) groups is 1. The van der Waals surface area contributed by atoms with E-state index >= 15 is 0 Å². The van der Waals surface area contributed by atoms with Crippen LogP contribution in [0.2, 0.25) is 0 Å². The number of hydrogen-bond donors (Lipinski definition) is 1. The molecule has 4 rings (SSSR count). The number of amides is 1. The Kier molecular flexibility index (Phi) is 5.58. The molecule has 0 bridgehead atoms. The van der Waals surface area contributed by atoms with Gasteiger partial charge in [0.1, 0.15) is 21.0 Å². The fraction of sp³-hybridized carbons (Fsp3) is 0.316. The lowest BCUT2D eigenvalue weighted by Gasteiger charge is -2.34. The second-order valence-electron chi connectivity index (χ2n) is 6.68. The van der Waals surface area contributed by atoms with Gasteiger partial charge in [-0.05, 0) is 37.4 Å². The van der Waals surface area contributed by atoms with Gasteiger partial charge >= 0.3 is 0 Å². The summed E-state index contributed by atoms with van der Waals surface area (Å²) in [6.07, 6.45) is 1.75. The molecule has 2 aromatic heterocycles. The second-order valence-corrected chi connectivity index (χ2v) is 9.49. The first-order chi connectivity index (χ1) is 14.4. The summed E-state index contributed by atoms with van der Waals surface area (Å²) in [4.78, 5) is 26.6. The van der Waals surface area contributed by atoms with Crippen molar-refractivity contribution in [2.45, 2.75) is 4.90 Å². The molecule has 30 heavy (non-hydrogen) atoms. The van der Waals surface area contributed by atoms with Gasteiger partial charge in [0.15, 0.2) is 5.13 Å². The SMILES string of the molecule is CNS(=O)(=O)c1cc(C(=O)N2CCN(c3nc4cccnc4s3)CC2)ccc1OC. The van der Waals surface area contributed by atoms with Gasteiger partial charge in [0.05, 0.1) is 7.11 Å². The minimum Gasteiger partial charge on any atom is -0.495 e. The first-order valence-corrected chi connectivity index (χ1v) is 11.6. The number of ether oxygens (including phenoxy) is 1. The second kappa shape index (κ2) is 8.17. The largest absolute Gasteiger partial charge is 0.495 e. The summed E-state index contributed by atoms with van der Waals surface area (Å²) in [5, 5.41) is 0.891. The van der Waals surface area contributed by atoms with E-state index in [1.54, 1.807) is 17.2 Å². The minimum absolute atomic E-state index is 0.0565. The smallest absolute Gasteiger partial charge is 0.254 e. The zero-order chi connectivity index (χ0) is 21.3. The molecule has 1 aromatic carbocycles.